The van der Waals surface area contributed by atoms with Gasteiger partial charge in [-0.3, -0.25) is 4.79 Å². The normalized spacial score (nSPS) is 14.0. The van der Waals surface area contributed by atoms with E-state index in [1.165, 1.54) is 0 Å². The molecule has 0 fully saturated rings. The van der Waals surface area contributed by atoms with Crippen LogP contribution in [0.1, 0.15) is 95.1 Å². The largest absolute Gasteiger partial charge is 0.487 e. The molecule has 41 heavy (non-hydrogen) atoms. The maximum Gasteiger partial charge on any atom is 0.408 e. The Morgan fingerprint density at radius 1 is 0.756 bits per heavy atom. The lowest BCUT2D eigenvalue weighted by molar-refractivity contribution is -0.162. The number of halogens is 1. The minimum Gasteiger partial charge on any atom is -0.487 e. The molecule has 0 heterocycles. The molecule has 0 aromatic heterocycles. The maximum atomic E-state index is 13.4. The Morgan fingerprint density at radius 3 is 1.78 bits per heavy atom. The van der Waals surface area contributed by atoms with Crippen LogP contribution in [0.3, 0.4) is 0 Å². The van der Waals surface area contributed by atoms with E-state index >= 15 is 0 Å². The molecule has 2 atom stereocenters. The summed E-state index contributed by atoms with van der Waals surface area (Å²) in [5.74, 6) is -1.35. The van der Waals surface area contributed by atoms with Gasteiger partial charge >= 0.3 is 18.0 Å². The number of alkyl carbamates (subject to hydrolysis) is 1. The van der Waals surface area contributed by atoms with Gasteiger partial charge in [0, 0.05) is 0 Å². The summed E-state index contributed by atoms with van der Waals surface area (Å²) in [5, 5.41) is 2.58. The predicted octanol–water partition coefficient (Wildman–Crippen LogP) is 6.34. The molecule has 0 bridgehead atoms. The van der Waals surface area contributed by atoms with E-state index in [2.05, 4.69) is 5.32 Å². The fourth-order valence-corrected chi connectivity index (χ4v) is 3.61. The van der Waals surface area contributed by atoms with Crippen molar-refractivity contribution >= 4 is 18.0 Å². The fourth-order valence-electron chi connectivity index (χ4n) is 3.61. The Labute approximate surface area is 244 Å². The van der Waals surface area contributed by atoms with Crippen molar-refractivity contribution in [1.82, 2.24) is 5.32 Å². The number of carbonyl (C=O) groups is 3. The SMILES string of the molecule is CC(C)(C)OC(=O)N[C@@H](C[C@H](Cc1ccc(OCC[18F])c(OC(C)(C)C)c1)C(=O)OC(C)(C)C)C(=O)OC(C)(C)C. The molecule has 0 saturated carbocycles. The Morgan fingerprint density at radius 2 is 1.29 bits per heavy atom. The highest BCUT2D eigenvalue weighted by molar-refractivity contribution is 5.83. The van der Waals surface area contributed by atoms with E-state index in [1.54, 1.807) is 80.5 Å². The summed E-state index contributed by atoms with van der Waals surface area (Å²) in [6.45, 7) is 20.3. The van der Waals surface area contributed by atoms with Crippen LogP contribution in [0.25, 0.3) is 0 Å². The van der Waals surface area contributed by atoms with Crippen LogP contribution in [-0.2, 0) is 30.2 Å². The quantitative estimate of drug-likeness (QED) is 0.238. The van der Waals surface area contributed by atoms with Crippen molar-refractivity contribution in [3.05, 3.63) is 23.8 Å². The number of amides is 1. The number of benzene rings is 1. The van der Waals surface area contributed by atoms with E-state index in [0.717, 1.165) is 0 Å². The van der Waals surface area contributed by atoms with Crippen molar-refractivity contribution in [3.8, 4) is 11.5 Å². The standard InChI is InChI=1S/C31H50FNO8/c1-28(2,3)38-24-18-20(13-14-23(24)37-16-15-32)17-21(25(34)39-29(4,5)6)19-22(26(35)40-30(7,8)9)33-27(36)41-31(10,11)12/h13-14,18,21-22H,15-17,19H2,1-12H3,(H,33,36)/t21-,22-/m0/s1/i32-1. The molecule has 0 aliphatic carbocycles. The zero-order chi connectivity index (χ0) is 31.8. The van der Waals surface area contributed by atoms with Crippen LogP contribution < -0.4 is 14.8 Å². The number of hydrogen-bond acceptors (Lipinski definition) is 8. The van der Waals surface area contributed by atoms with Gasteiger partial charge in [-0.05, 0) is 114 Å². The van der Waals surface area contributed by atoms with Gasteiger partial charge in [-0.2, -0.15) is 0 Å². The van der Waals surface area contributed by atoms with Gasteiger partial charge < -0.3 is 29.0 Å². The van der Waals surface area contributed by atoms with Crippen LogP contribution in [0, 0.1) is 5.92 Å². The molecule has 1 amide bonds. The van der Waals surface area contributed by atoms with Gasteiger partial charge in [0.15, 0.2) is 11.5 Å². The molecule has 1 N–H and O–H groups in total. The maximum absolute atomic E-state index is 13.4. The summed E-state index contributed by atoms with van der Waals surface area (Å²) in [6, 6.07) is 3.92. The van der Waals surface area contributed by atoms with Gasteiger partial charge in [0.05, 0.1) is 5.92 Å². The molecule has 1 aromatic rings. The van der Waals surface area contributed by atoms with Crippen LogP contribution in [0.15, 0.2) is 18.2 Å². The van der Waals surface area contributed by atoms with Gasteiger partial charge in [-0.1, -0.05) is 6.07 Å². The molecule has 1 rings (SSSR count). The number of rotatable bonds is 11. The van der Waals surface area contributed by atoms with Crippen molar-refractivity contribution in [2.75, 3.05) is 13.3 Å². The molecular formula is C31H50FNO8. The minimum absolute atomic E-state index is 0.112. The molecular weight excluding hydrogens is 532 g/mol. The molecule has 0 radical (unpaired) electrons. The van der Waals surface area contributed by atoms with Crippen LogP contribution in [-0.4, -0.2) is 59.8 Å². The summed E-state index contributed by atoms with van der Waals surface area (Å²) in [7, 11) is 0. The summed E-state index contributed by atoms with van der Waals surface area (Å²) in [4.78, 5) is 39.3. The third kappa shape index (κ3) is 15.5. The number of nitrogens with one attached hydrogen (secondary N) is 1. The first-order valence-electron chi connectivity index (χ1n) is 13.9. The highest BCUT2D eigenvalue weighted by atomic mass is 18.2. The van der Waals surface area contributed by atoms with Gasteiger partial charge in [0.25, 0.3) is 0 Å². The Bertz CT molecular complexity index is 1030. The fraction of sp³-hybridized carbons (Fsp3) is 0.710. The highest BCUT2D eigenvalue weighted by Crippen LogP contribution is 2.33. The van der Waals surface area contributed by atoms with E-state index < -0.39 is 59.1 Å². The molecule has 0 saturated heterocycles. The van der Waals surface area contributed by atoms with E-state index in [9.17, 15) is 18.8 Å². The molecule has 0 aliphatic heterocycles. The third-order valence-corrected chi connectivity index (χ3v) is 4.88. The Balaban J connectivity index is 3.46. The average molecular weight is 583 g/mol. The van der Waals surface area contributed by atoms with Crippen LogP contribution in [0.5, 0.6) is 11.5 Å². The van der Waals surface area contributed by atoms with Crippen LogP contribution >= 0.6 is 0 Å². The zero-order valence-electron chi connectivity index (χ0n) is 26.9. The van der Waals surface area contributed by atoms with Crippen molar-refractivity contribution in [3.63, 3.8) is 0 Å². The molecule has 10 heteroatoms. The number of ether oxygens (including phenoxy) is 5. The lowest BCUT2D eigenvalue weighted by Gasteiger charge is -2.29. The molecule has 1 aromatic carbocycles. The molecule has 0 unspecified atom stereocenters. The second kappa shape index (κ2) is 14.2. The second-order valence-corrected chi connectivity index (χ2v) is 13.9. The van der Waals surface area contributed by atoms with E-state index in [4.69, 9.17) is 23.7 Å². The Hall–Kier alpha value is -3.04. The van der Waals surface area contributed by atoms with Gasteiger partial charge in [-0.25, -0.2) is 14.0 Å². The van der Waals surface area contributed by atoms with E-state index in [1.807, 2.05) is 20.8 Å². The monoisotopic (exact) mass is 582 g/mol. The van der Waals surface area contributed by atoms with Crippen molar-refractivity contribution in [2.45, 2.75) is 124 Å². The topological polar surface area (TPSA) is 109 Å². The summed E-state index contributed by atoms with van der Waals surface area (Å²) < 4.78 is 41.0. The second-order valence-electron chi connectivity index (χ2n) is 13.9. The zero-order valence-corrected chi connectivity index (χ0v) is 26.9. The van der Waals surface area contributed by atoms with Crippen molar-refractivity contribution in [2.24, 2.45) is 5.92 Å². The van der Waals surface area contributed by atoms with Crippen molar-refractivity contribution in [1.29, 1.82) is 0 Å². The molecule has 9 nitrogen and oxygen atoms in total. The van der Waals surface area contributed by atoms with E-state index in [-0.39, 0.29) is 19.4 Å². The highest BCUT2D eigenvalue weighted by Gasteiger charge is 2.35. The Kier molecular flexibility index (Phi) is 12.5. The lowest BCUT2D eigenvalue weighted by atomic mass is 9.92. The summed E-state index contributed by atoms with van der Waals surface area (Å²) >= 11 is 0. The molecule has 0 spiro atoms. The number of hydrogen-bond donors (Lipinski definition) is 1. The number of alkyl halides is 1. The average Bonchev–Trinajstić information content (AvgIpc) is 2.72. The third-order valence-electron chi connectivity index (χ3n) is 4.88. The predicted molar refractivity (Wildman–Crippen MR) is 155 cm³/mol. The molecule has 0 aliphatic rings. The van der Waals surface area contributed by atoms with Gasteiger partial charge in [0.1, 0.15) is 41.7 Å². The number of carbonyl (C=O) groups excluding carboxylic acids is 3. The van der Waals surface area contributed by atoms with Crippen LogP contribution in [0.4, 0.5) is 9.18 Å². The van der Waals surface area contributed by atoms with Gasteiger partial charge in [-0.15, -0.1) is 0 Å². The van der Waals surface area contributed by atoms with Gasteiger partial charge in [0.2, 0.25) is 0 Å². The van der Waals surface area contributed by atoms with Crippen LogP contribution in [0.2, 0.25) is 0 Å². The smallest absolute Gasteiger partial charge is 0.408 e. The molecule has 234 valence electrons. The first kappa shape index (κ1) is 36.0. The summed E-state index contributed by atoms with van der Waals surface area (Å²) in [5.41, 5.74) is -2.31. The lowest BCUT2D eigenvalue weighted by Crippen LogP contribution is -2.48. The van der Waals surface area contributed by atoms with Crippen molar-refractivity contribution < 1.29 is 42.5 Å². The minimum atomic E-state index is -1.20. The number of esters is 2. The summed E-state index contributed by atoms with van der Waals surface area (Å²) in [6.07, 6.45) is -0.779. The first-order chi connectivity index (χ1) is 18.5. The first-order valence-corrected chi connectivity index (χ1v) is 13.9. The van der Waals surface area contributed by atoms with E-state index in [0.29, 0.717) is 17.1 Å².